The number of nitrogens with zero attached hydrogens (tertiary/aromatic N) is 5. The first-order valence-electron chi connectivity index (χ1n) is 6.23. The number of carbonyl (C=O) groups is 1. The van der Waals surface area contributed by atoms with Crippen LogP contribution < -0.4 is 0 Å². The van der Waals surface area contributed by atoms with Gasteiger partial charge in [-0.1, -0.05) is 0 Å². The van der Waals surface area contributed by atoms with E-state index < -0.39 is 0 Å². The van der Waals surface area contributed by atoms with Crippen LogP contribution in [0.2, 0.25) is 0 Å². The van der Waals surface area contributed by atoms with E-state index in [-0.39, 0.29) is 5.91 Å². The Balaban J connectivity index is 1.89. The maximum absolute atomic E-state index is 12.2. The molecule has 0 spiro atoms. The molecule has 3 heterocycles. The zero-order chi connectivity index (χ0) is 13.1. The lowest BCUT2D eigenvalue weighted by molar-refractivity contribution is 0.0786. The fourth-order valence-electron chi connectivity index (χ4n) is 2.13. The van der Waals surface area contributed by atoms with Crippen molar-refractivity contribution in [2.45, 2.75) is 12.8 Å². The molecule has 1 fully saturated rings. The molecule has 0 bridgehead atoms. The molecule has 1 saturated heterocycles. The monoisotopic (exact) mass is 255 g/mol. The summed E-state index contributed by atoms with van der Waals surface area (Å²) in [4.78, 5) is 22.5. The molecule has 6 heteroatoms. The van der Waals surface area contributed by atoms with Gasteiger partial charge in [-0.3, -0.25) is 9.78 Å². The largest absolute Gasteiger partial charge is 0.337 e. The Morgan fingerprint density at radius 3 is 2.68 bits per heavy atom. The van der Waals surface area contributed by atoms with Gasteiger partial charge in [-0.2, -0.15) is 10.2 Å². The van der Waals surface area contributed by atoms with Crippen molar-refractivity contribution in [3.8, 4) is 11.3 Å². The molecule has 19 heavy (non-hydrogen) atoms. The van der Waals surface area contributed by atoms with E-state index in [0.717, 1.165) is 31.5 Å². The van der Waals surface area contributed by atoms with Gasteiger partial charge < -0.3 is 4.90 Å². The van der Waals surface area contributed by atoms with E-state index in [2.05, 4.69) is 20.2 Å². The molecule has 0 radical (unpaired) electrons. The van der Waals surface area contributed by atoms with Gasteiger partial charge in [0.1, 0.15) is 5.69 Å². The second-order valence-corrected chi connectivity index (χ2v) is 4.42. The summed E-state index contributed by atoms with van der Waals surface area (Å²) in [6.45, 7) is 1.61. The van der Waals surface area contributed by atoms with Crippen molar-refractivity contribution in [1.82, 2.24) is 25.1 Å². The highest BCUT2D eigenvalue weighted by atomic mass is 16.2. The first-order chi connectivity index (χ1) is 9.34. The third kappa shape index (κ3) is 2.42. The Bertz CT molecular complexity index is 581. The van der Waals surface area contributed by atoms with Crippen molar-refractivity contribution in [1.29, 1.82) is 0 Å². The van der Waals surface area contributed by atoms with Crippen LogP contribution in [0.25, 0.3) is 11.3 Å². The van der Waals surface area contributed by atoms with Gasteiger partial charge in [0, 0.05) is 18.7 Å². The van der Waals surface area contributed by atoms with Gasteiger partial charge >= 0.3 is 0 Å². The van der Waals surface area contributed by atoms with Crippen molar-refractivity contribution in [2.75, 3.05) is 13.1 Å². The average molecular weight is 255 g/mol. The summed E-state index contributed by atoms with van der Waals surface area (Å²) < 4.78 is 0. The molecule has 0 aromatic carbocycles. The number of aromatic nitrogens is 4. The summed E-state index contributed by atoms with van der Waals surface area (Å²) in [6.07, 6.45) is 8.46. The van der Waals surface area contributed by atoms with Crippen molar-refractivity contribution in [2.24, 2.45) is 0 Å². The Labute approximate surface area is 110 Å². The number of amides is 1. The first-order valence-corrected chi connectivity index (χ1v) is 6.23. The van der Waals surface area contributed by atoms with Gasteiger partial charge in [0.25, 0.3) is 5.91 Å². The quantitative estimate of drug-likeness (QED) is 0.805. The lowest BCUT2D eigenvalue weighted by Crippen LogP contribution is -2.28. The summed E-state index contributed by atoms with van der Waals surface area (Å²) in [6, 6.07) is 1.79. The minimum atomic E-state index is -0.0473. The van der Waals surface area contributed by atoms with E-state index >= 15 is 0 Å². The second-order valence-electron chi connectivity index (χ2n) is 4.42. The van der Waals surface area contributed by atoms with Crippen LogP contribution in [0.15, 0.2) is 30.9 Å². The molecule has 0 N–H and O–H groups in total. The smallest absolute Gasteiger partial charge is 0.274 e. The molecule has 96 valence electrons. The summed E-state index contributed by atoms with van der Waals surface area (Å²) in [5.41, 5.74) is 1.83. The summed E-state index contributed by atoms with van der Waals surface area (Å²) >= 11 is 0. The van der Waals surface area contributed by atoms with Crippen LogP contribution in [-0.2, 0) is 0 Å². The maximum atomic E-state index is 12.2. The standard InChI is InChI=1S/C13H13N5O/c19-13(18-5-1-2-6-18)12-9-14-8-11(17-12)10-3-4-15-16-7-10/h3-4,7-9H,1-2,5-6H2. The van der Waals surface area contributed by atoms with E-state index in [9.17, 15) is 4.79 Å². The predicted octanol–water partition coefficient (Wildman–Crippen LogP) is 1.17. The minimum Gasteiger partial charge on any atom is -0.337 e. The molecular weight excluding hydrogens is 242 g/mol. The van der Waals surface area contributed by atoms with Gasteiger partial charge in [-0.15, -0.1) is 0 Å². The zero-order valence-corrected chi connectivity index (χ0v) is 10.4. The number of likely N-dealkylation sites (tertiary alicyclic amines) is 1. The van der Waals surface area contributed by atoms with Crippen LogP contribution in [0.1, 0.15) is 23.3 Å². The zero-order valence-electron chi connectivity index (χ0n) is 10.4. The SMILES string of the molecule is O=C(c1cncc(-c2ccnnc2)n1)N1CCCC1. The Morgan fingerprint density at radius 1 is 1.11 bits per heavy atom. The van der Waals surface area contributed by atoms with E-state index in [1.54, 1.807) is 24.7 Å². The highest BCUT2D eigenvalue weighted by Gasteiger charge is 2.21. The fraction of sp³-hybridized carbons (Fsp3) is 0.308. The van der Waals surface area contributed by atoms with Crippen molar-refractivity contribution in [3.63, 3.8) is 0 Å². The molecule has 0 atom stereocenters. The minimum absolute atomic E-state index is 0.0473. The van der Waals surface area contributed by atoms with Crippen LogP contribution in [0.3, 0.4) is 0 Å². The van der Waals surface area contributed by atoms with Crippen molar-refractivity contribution in [3.05, 3.63) is 36.5 Å². The predicted molar refractivity (Wildman–Crippen MR) is 68.2 cm³/mol. The second kappa shape index (κ2) is 5.09. The first kappa shape index (κ1) is 11.7. The van der Waals surface area contributed by atoms with E-state index in [1.807, 2.05) is 4.90 Å². The summed E-state index contributed by atoms with van der Waals surface area (Å²) in [5.74, 6) is -0.0473. The lowest BCUT2D eigenvalue weighted by atomic mass is 10.2. The highest BCUT2D eigenvalue weighted by molar-refractivity contribution is 5.92. The summed E-state index contributed by atoms with van der Waals surface area (Å²) in [7, 11) is 0. The van der Waals surface area contributed by atoms with E-state index in [1.165, 1.54) is 6.20 Å². The Kier molecular flexibility index (Phi) is 3.14. The molecule has 1 amide bonds. The molecule has 0 unspecified atom stereocenters. The van der Waals surface area contributed by atoms with Gasteiger partial charge in [-0.05, 0) is 18.9 Å². The highest BCUT2D eigenvalue weighted by Crippen LogP contribution is 2.16. The van der Waals surface area contributed by atoms with Crippen molar-refractivity contribution < 1.29 is 4.79 Å². The third-order valence-corrected chi connectivity index (χ3v) is 3.13. The Morgan fingerprint density at radius 2 is 1.95 bits per heavy atom. The third-order valence-electron chi connectivity index (χ3n) is 3.13. The summed E-state index contributed by atoms with van der Waals surface area (Å²) in [5, 5.41) is 7.52. The molecule has 1 aliphatic heterocycles. The van der Waals surface area contributed by atoms with Crippen LogP contribution >= 0.6 is 0 Å². The topological polar surface area (TPSA) is 71.9 Å². The van der Waals surface area contributed by atoms with Crippen LogP contribution in [0.4, 0.5) is 0 Å². The number of rotatable bonds is 2. The van der Waals surface area contributed by atoms with Crippen molar-refractivity contribution >= 4 is 5.91 Å². The molecular formula is C13H13N5O. The van der Waals surface area contributed by atoms with Gasteiger partial charge in [-0.25, -0.2) is 4.98 Å². The molecule has 0 saturated carbocycles. The fourth-order valence-corrected chi connectivity index (χ4v) is 2.13. The average Bonchev–Trinajstić information content (AvgIpc) is 3.02. The van der Waals surface area contributed by atoms with Gasteiger partial charge in [0.15, 0.2) is 0 Å². The number of hydrogen-bond donors (Lipinski definition) is 0. The van der Waals surface area contributed by atoms with Crippen LogP contribution in [-0.4, -0.2) is 44.1 Å². The molecule has 2 aromatic heterocycles. The van der Waals surface area contributed by atoms with Gasteiger partial charge in [0.2, 0.25) is 0 Å². The van der Waals surface area contributed by atoms with Crippen LogP contribution in [0, 0.1) is 0 Å². The number of carbonyl (C=O) groups excluding carboxylic acids is 1. The van der Waals surface area contributed by atoms with E-state index in [0.29, 0.717) is 11.4 Å². The van der Waals surface area contributed by atoms with E-state index in [4.69, 9.17) is 0 Å². The molecule has 3 rings (SSSR count). The van der Waals surface area contributed by atoms with Crippen LogP contribution in [0.5, 0.6) is 0 Å². The molecule has 1 aliphatic rings. The molecule has 6 nitrogen and oxygen atoms in total. The number of hydrogen-bond acceptors (Lipinski definition) is 5. The lowest BCUT2D eigenvalue weighted by Gasteiger charge is -2.14. The normalized spacial score (nSPS) is 14.6. The molecule has 0 aliphatic carbocycles. The maximum Gasteiger partial charge on any atom is 0.274 e. The molecule has 2 aromatic rings. The van der Waals surface area contributed by atoms with Gasteiger partial charge in [0.05, 0.1) is 30.5 Å². The Hall–Kier alpha value is -2.37.